The molecule has 0 heterocycles. The van der Waals surface area contributed by atoms with Gasteiger partial charge < -0.3 is 0 Å². The zero-order chi connectivity index (χ0) is 14.7. The maximum absolute atomic E-state index is 13.7. The lowest BCUT2D eigenvalue weighted by atomic mass is 9.98. The molecular weight excluding hydrogens is 282 g/mol. The summed E-state index contributed by atoms with van der Waals surface area (Å²) < 4.78 is 26.8. The van der Waals surface area contributed by atoms with Gasteiger partial charge in [0.15, 0.2) is 0 Å². The van der Waals surface area contributed by atoms with Crippen LogP contribution in [-0.4, -0.2) is 0 Å². The molecule has 2 rings (SSSR count). The van der Waals surface area contributed by atoms with Gasteiger partial charge in [0.25, 0.3) is 0 Å². The summed E-state index contributed by atoms with van der Waals surface area (Å²) in [5.74, 6) is 4.59. The zero-order valence-corrected chi connectivity index (χ0v) is 11.7. The lowest BCUT2D eigenvalue weighted by Crippen LogP contribution is -2.29. The lowest BCUT2D eigenvalue weighted by molar-refractivity contribution is 0.523. The maximum Gasteiger partial charge on any atom is 0.126 e. The molecule has 0 aromatic heterocycles. The molecule has 106 valence electrons. The standard InChI is InChI=1S/C15H15ClF2N2/c1-9-2-3-10(7-13(9)16)15(20-19)8-11-6-12(17)4-5-14(11)18/h2-7,15,20H,8,19H2,1H3. The van der Waals surface area contributed by atoms with Gasteiger partial charge in [-0.2, -0.15) is 0 Å². The van der Waals surface area contributed by atoms with Gasteiger partial charge in [0, 0.05) is 5.02 Å². The van der Waals surface area contributed by atoms with E-state index >= 15 is 0 Å². The van der Waals surface area contributed by atoms with Crippen LogP contribution < -0.4 is 11.3 Å². The minimum Gasteiger partial charge on any atom is -0.271 e. The Morgan fingerprint density at radius 2 is 1.95 bits per heavy atom. The molecule has 0 spiro atoms. The van der Waals surface area contributed by atoms with Crippen LogP contribution >= 0.6 is 11.6 Å². The second-order valence-electron chi connectivity index (χ2n) is 4.67. The van der Waals surface area contributed by atoms with E-state index in [1.54, 1.807) is 6.07 Å². The quantitative estimate of drug-likeness (QED) is 0.667. The Morgan fingerprint density at radius 3 is 2.60 bits per heavy atom. The van der Waals surface area contributed by atoms with Gasteiger partial charge in [-0.15, -0.1) is 0 Å². The van der Waals surface area contributed by atoms with Crippen molar-refractivity contribution in [1.29, 1.82) is 0 Å². The first-order chi connectivity index (χ1) is 9.51. The van der Waals surface area contributed by atoms with Crippen molar-refractivity contribution in [3.8, 4) is 0 Å². The van der Waals surface area contributed by atoms with E-state index in [4.69, 9.17) is 17.4 Å². The van der Waals surface area contributed by atoms with Gasteiger partial charge >= 0.3 is 0 Å². The predicted octanol–water partition coefficient (Wildman–Crippen LogP) is 3.67. The number of hydrogen-bond acceptors (Lipinski definition) is 2. The van der Waals surface area contributed by atoms with Crippen LogP contribution in [0.4, 0.5) is 8.78 Å². The van der Waals surface area contributed by atoms with Crippen molar-refractivity contribution in [2.45, 2.75) is 19.4 Å². The van der Waals surface area contributed by atoms with Gasteiger partial charge in [-0.3, -0.25) is 11.3 Å². The molecule has 2 aromatic carbocycles. The smallest absolute Gasteiger partial charge is 0.126 e. The Balaban J connectivity index is 2.28. The lowest BCUT2D eigenvalue weighted by Gasteiger charge is -2.17. The molecule has 20 heavy (non-hydrogen) atoms. The molecule has 0 saturated heterocycles. The number of rotatable bonds is 4. The Hall–Kier alpha value is -1.49. The van der Waals surface area contributed by atoms with Crippen molar-refractivity contribution < 1.29 is 8.78 Å². The second-order valence-corrected chi connectivity index (χ2v) is 5.07. The van der Waals surface area contributed by atoms with E-state index in [9.17, 15) is 8.78 Å². The first kappa shape index (κ1) is 14.9. The zero-order valence-electron chi connectivity index (χ0n) is 11.0. The van der Waals surface area contributed by atoms with Crippen LogP contribution in [0, 0.1) is 18.6 Å². The molecule has 0 fully saturated rings. The van der Waals surface area contributed by atoms with Crippen LogP contribution in [0.3, 0.4) is 0 Å². The Kier molecular flexibility index (Phi) is 4.70. The Bertz CT molecular complexity index is 617. The van der Waals surface area contributed by atoms with Crippen LogP contribution in [0.25, 0.3) is 0 Å². The predicted molar refractivity (Wildman–Crippen MR) is 76.3 cm³/mol. The van der Waals surface area contributed by atoms with Gasteiger partial charge in [0.05, 0.1) is 6.04 Å². The average molecular weight is 297 g/mol. The number of hydrogen-bond donors (Lipinski definition) is 2. The van der Waals surface area contributed by atoms with Crippen LogP contribution in [0.1, 0.15) is 22.7 Å². The molecule has 0 aliphatic carbocycles. The molecule has 0 radical (unpaired) electrons. The fraction of sp³-hybridized carbons (Fsp3) is 0.200. The van der Waals surface area contributed by atoms with E-state index in [-0.39, 0.29) is 18.0 Å². The molecule has 0 bridgehead atoms. The van der Waals surface area contributed by atoms with Crippen LogP contribution in [0.2, 0.25) is 5.02 Å². The largest absolute Gasteiger partial charge is 0.271 e. The fourth-order valence-electron chi connectivity index (χ4n) is 2.02. The summed E-state index contributed by atoms with van der Waals surface area (Å²) in [4.78, 5) is 0. The van der Waals surface area contributed by atoms with E-state index in [0.717, 1.165) is 23.3 Å². The number of aryl methyl sites for hydroxylation is 1. The molecule has 3 N–H and O–H groups in total. The van der Waals surface area contributed by atoms with E-state index < -0.39 is 11.6 Å². The summed E-state index contributed by atoms with van der Waals surface area (Å²) in [6.07, 6.45) is 0.236. The minimum absolute atomic E-state index is 0.236. The molecule has 1 unspecified atom stereocenters. The highest BCUT2D eigenvalue weighted by Crippen LogP contribution is 2.24. The van der Waals surface area contributed by atoms with Gasteiger partial charge in [-0.1, -0.05) is 23.7 Å². The number of benzene rings is 2. The number of nitrogens with two attached hydrogens (primary N) is 1. The van der Waals surface area contributed by atoms with Gasteiger partial charge in [0.1, 0.15) is 11.6 Å². The number of hydrazine groups is 1. The van der Waals surface area contributed by atoms with E-state index in [2.05, 4.69) is 5.43 Å². The summed E-state index contributed by atoms with van der Waals surface area (Å²) >= 11 is 6.07. The highest BCUT2D eigenvalue weighted by molar-refractivity contribution is 6.31. The molecule has 2 aromatic rings. The highest BCUT2D eigenvalue weighted by atomic mass is 35.5. The molecule has 0 amide bonds. The van der Waals surface area contributed by atoms with E-state index in [1.165, 1.54) is 6.07 Å². The molecular formula is C15H15ClF2N2. The summed E-state index contributed by atoms with van der Waals surface area (Å²) in [6.45, 7) is 1.89. The summed E-state index contributed by atoms with van der Waals surface area (Å²) in [5, 5.41) is 0.613. The fourth-order valence-corrected chi connectivity index (χ4v) is 2.21. The third-order valence-electron chi connectivity index (χ3n) is 3.23. The van der Waals surface area contributed by atoms with Crippen molar-refractivity contribution in [1.82, 2.24) is 5.43 Å². The molecule has 5 heteroatoms. The van der Waals surface area contributed by atoms with Gasteiger partial charge in [-0.25, -0.2) is 8.78 Å². The topological polar surface area (TPSA) is 38.0 Å². The van der Waals surface area contributed by atoms with Crippen molar-refractivity contribution in [2.24, 2.45) is 5.84 Å². The van der Waals surface area contributed by atoms with E-state index in [1.807, 2.05) is 19.1 Å². The second kappa shape index (κ2) is 6.31. The normalized spacial score (nSPS) is 12.4. The third kappa shape index (κ3) is 3.33. The van der Waals surface area contributed by atoms with Crippen molar-refractivity contribution in [3.05, 3.63) is 69.7 Å². The third-order valence-corrected chi connectivity index (χ3v) is 3.64. The highest BCUT2D eigenvalue weighted by Gasteiger charge is 2.14. The molecule has 0 aliphatic heterocycles. The first-order valence-electron chi connectivity index (χ1n) is 6.17. The molecule has 1 atom stereocenters. The summed E-state index contributed by atoms with van der Waals surface area (Å²) in [6, 6.07) is 8.54. The minimum atomic E-state index is -0.473. The average Bonchev–Trinajstić information content (AvgIpc) is 2.43. The van der Waals surface area contributed by atoms with Gasteiger partial charge in [0.2, 0.25) is 0 Å². The van der Waals surface area contributed by atoms with Crippen molar-refractivity contribution in [3.63, 3.8) is 0 Å². The Labute approximate surface area is 121 Å². The van der Waals surface area contributed by atoms with Crippen molar-refractivity contribution in [2.75, 3.05) is 0 Å². The van der Waals surface area contributed by atoms with Gasteiger partial charge in [-0.05, 0) is 54.3 Å². The van der Waals surface area contributed by atoms with E-state index in [0.29, 0.717) is 5.02 Å². The molecule has 2 nitrogen and oxygen atoms in total. The van der Waals surface area contributed by atoms with Crippen LogP contribution in [0.5, 0.6) is 0 Å². The summed E-state index contributed by atoms with van der Waals surface area (Å²) in [5.41, 5.74) is 4.65. The molecule has 0 saturated carbocycles. The van der Waals surface area contributed by atoms with Crippen LogP contribution in [-0.2, 0) is 6.42 Å². The number of nitrogens with one attached hydrogen (secondary N) is 1. The first-order valence-corrected chi connectivity index (χ1v) is 6.55. The number of halogens is 3. The molecule has 0 aliphatic rings. The van der Waals surface area contributed by atoms with Crippen LogP contribution in [0.15, 0.2) is 36.4 Å². The monoisotopic (exact) mass is 296 g/mol. The Morgan fingerprint density at radius 1 is 1.20 bits per heavy atom. The summed E-state index contributed by atoms with van der Waals surface area (Å²) in [7, 11) is 0. The van der Waals surface area contributed by atoms with Crippen molar-refractivity contribution >= 4 is 11.6 Å². The maximum atomic E-state index is 13.7. The SMILES string of the molecule is Cc1ccc(C(Cc2cc(F)ccc2F)NN)cc1Cl.